The molecule has 1 heterocycles. The number of hydrogen-bond acceptors (Lipinski definition) is 3. The number of phenols is 1. The van der Waals surface area contributed by atoms with Gasteiger partial charge in [-0.05, 0) is 43.5 Å². The van der Waals surface area contributed by atoms with Crippen molar-refractivity contribution in [2.24, 2.45) is 0 Å². The zero-order chi connectivity index (χ0) is 17.6. The molecule has 1 fully saturated rings. The molecule has 0 radical (unpaired) electrons. The SMILES string of the molecule is Cc1cccc(NC(=O)N(Cc2ccccc2O)CC2CCCO2)c1. The Labute approximate surface area is 148 Å². The molecule has 0 spiro atoms. The van der Waals surface area contributed by atoms with Crippen LogP contribution in [-0.2, 0) is 11.3 Å². The summed E-state index contributed by atoms with van der Waals surface area (Å²) < 4.78 is 5.69. The van der Waals surface area contributed by atoms with Crippen LogP contribution < -0.4 is 5.32 Å². The lowest BCUT2D eigenvalue weighted by Crippen LogP contribution is -2.39. The summed E-state index contributed by atoms with van der Waals surface area (Å²) in [5.74, 6) is 0.197. The number of aromatic hydroxyl groups is 1. The second-order valence-electron chi connectivity index (χ2n) is 6.44. The molecule has 1 aliphatic rings. The van der Waals surface area contributed by atoms with Crippen LogP contribution in [0.4, 0.5) is 10.5 Å². The topological polar surface area (TPSA) is 61.8 Å². The quantitative estimate of drug-likeness (QED) is 0.867. The van der Waals surface area contributed by atoms with Crippen molar-refractivity contribution in [2.45, 2.75) is 32.4 Å². The van der Waals surface area contributed by atoms with Crippen LogP contribution in [0.15, 0.2) is 48.5 Å². The van der Waals surface area contributed by atoms with E-state index in [2.05, 4.69) is 5.32 Å². The smallest absolute Gasteiger partial charge is 0.322 e. The second kappa shape index (κ2) is 8.03. The van der Waals surface area contributed by atoms with Crippen molar-refractivity contribution in [3.05, 3.63) is 59.7 Å². The van der Waals surface area contributed by atoms with Crippen molar-refractivity contribution in [2.75, 3.05) is 18.5 Å². The van der Waals surface area contributed by atoms with Gasteiger partial charge in [-0.25, -0.2) is 4.79 Å². The van der Waals surface area contributed by atoms with Crippen molar-refractivity contribution in [1.29, 1.82) is 0 Å². The molecule has 2 aromatic rings. The van der Waals surface area contributed by atoms with Gasteiger partial charge in [0.15, 0.2) is 0 Å². The van der Waals surface area contributed by atoms with E-state index in [1.54, 1.807) is 17.0 Å². The molecular weight excluding hydrogens is 316 g/mol. The van der Waals surface area contributed by atoms with Crippen LogP contribution in [0.3, 0.4) is 0 Å². The van der Waals surface area contributed by atoms with Gasteiger partial charge in [-0.1, -0.05) is 30.3 Å². The fourth-order valence-corrected chi connectivity index (χ4v) is 3.03. The highest BCUT2D eigenvalue weighted by Crippen LogP contribution is 2.21. The first-order valence-corrected chi connectivity index (χ1v) is 8.63. The molecule has 1 atom stereocenters. The standard InChI is InChI=1S/C20H24N2O3/c1-15-6-4-8-17(12-15)21-20(24)22(14-18-9-5-11-25-18)13-16-7-2-3-10-19(16)23/h2-4,6-8,10,12,18,23H,5,9,11,13-14H2,1H3,(H,21,24). The number of rotatable bonds is 5. The molecule has 5 nitrogen and oxygen atoms in total. The third-order valence-corrected chi connectivity index (χ3v) is 4.36. The Hall–Kier alpha value is -2.53. The number of carbonyl (C=O) groups is 1. The molecule has 0 saturated carbocycles. The summed E-state index contributed by atoms with van der Waals surface area (Å²) in [4.78, 5) is 14.5. The van der Waals surface area contributed by atoms with Crippen LogP contribution in [0.5, 0.6) is 5.75 Å². The number of ether oxygens (including phenoxy) is 1. The van der Waals surface area contributed by atoms with Gasteiger partial charge in [0.2, 0.25) is 0 Å². The highest BCUT2D eigenvalue weighted by molar-refractivity contribution is 5.89. The van der Waals surface area contributed by atoms with Crippen LogP contribution >= 0.6 is 0 Å². The molecule has 2 amide bonds. The fraction of sp³-hybridized carbons (Fsp3) is 0.350. The number of amides is 2. The Balaban J connectivity index is 1.74. The highest BCUT2D eigenvalue weighted by atomic mass is 16.5. The van der Waals surface area contributed by atoms with Gasteiger partial charge < -0.3 is 20.1 Å². The van der Waals surface area contributed by atoms with Gasteiger partial charge in [-0.2, -0.15) is 0 Å². The highest BCUT2D eigenvalue weighted by Gasteiger charge is 2.23. The van der Waals surface area contributed by atoms with Crippen LogP contribution in [0.25, 0.3) is 0 Å². The number of urea groups is 1. The number of nitrogens with one attached hydrogen (secondary N) is 1. The van der Waals surface area contributed by atoms with E-state index in [4.69, 9.17) is 4.74 Å². The van der Waals surface area contributed by atoms with E-state index in [0.717, 1.165) is 36.3 Å². The maximum Gasteiger partial charge on any atom is 0.322 e. The van der Waals surface area contributed by atoms with E-state index in [0.29, 0.717) is 13.1 Å². The van der Waals surface area contributed by atoms with Gasteiger partial charge in [0.05, 0.1) is 12.6 Å². The maximum absolute atomic E-state index is 12.8. The zero-order valence-electron chi connectivity index (χ0n) is 14.4. The minimum atomic E-state index is -0.190. The van der Waals surface area contributed by atoms with Gasteiger partial charge in [-0.3, -0.25) is 0 Å². The summed E-state index contributed by atoms with van der Waals surface area (Å²) in [6.45, 7) is 3.58. The number of para-hydroxylation sites is 1. The van der Waals surface area contributed by atoms with Crippen molar-refractivity contribution < 1.29 is 14.6 Å². The molecular formula is C20H24N2O3. The predicted molar refractivity (Wildman–Crippen MR) is 97.7 cm³/mol. The third-order valence-electron chi connectivity index (χ3n) is 4.36. The summed E-state index contributed by atoms with van der Waals surface area (Å²) in [7, 11) is 0. The summed E-state index contributed by atoms with van der Waals surface area (Å²) in [6, 6.07) is 14.6. The first-order chi connectivity index (χ1) is 12.1. The Kier molecular flexibility index (Phi) is 5.56. The molecule has 2 N–H and O–H groups in total. The lowest BCUT2D eigenvalue weighted by atomic mass is 10.1. The lowest BCUT2D eigenvalue weighted by molar-refractivity contribution is 0.0817. The number of aryl methyl sites for hydroxylation is 1. The Bertz CT molecular complexity index is 726. The molecule has 25 heavy (non-hydrogen) atoms. The van der Waals surface area contributed by atoms with Crippen LogP contribution in [0, 0.1) is 6.92 Å². The molecule has 5 heteroatoms. The molecule has 132 valence electrons. The summed E-state index contributed by atoms with van der Waals surface area (Å²) in [5.41, 5.74) is 2.57. The Morgan fingerprint density at radius 2 is 2.12 bits per heavy atom. The molecule has 0 bridgehead atoms. The lowest BCUT2D eigenvalue weighted by Gasteiger charge is -2.26. The van der Waals surface area contributed by atoms with Gasteiger partial charge >= 0.3 is 6.03 Å². The van der Waals surface area contributed by atoms with E-state index in [-0.39, 0.29) is 17.9 Å². The summed E-state index contributed by atoms with van der Waals surface area (Å²) in [6.07, 6.45) is 2.03. The molecule has 3 rings (SSSR count). The number of phenolic OH excluding ortho intramolecular Hbond substituents is 1. The predicted octanol–water partition coefficient (Wildman–Crippen LogP) is 3.91. The minimum absolute atomic E-state index is 0.0501. The van der Waals surface area contributed by atoms with Crippen molar-refractivity contribution in [1.82, 2.24) is 4.90 Å². The van der Waals surface area contributed by atoms with Gasteiger partial charge in [-0.15, -0.1) is 0 Å². The van der Waals surface area contributed by atoms with Gasteiger partial charge in [0, 0.05) is 24.4 Å². The van der Waals surface area contributed by atoms with Crippen molar-refractivity contribution in [3.8, 4) is 5.75 Å². The number of nitrogens with zero attached hydrogens (tertiary/aromatic N) is 1. The zero-order valence-corrected chi connectivity index (χ0v) is 14.4. The molecule has 0 aromatic heterocycles. The van der Waals surface area contributed by atoms with Crippen LogP contribution in [0.1, 0.15) is 24.0 Å². The molecule has 0 aliphatic carbocycles. The minimum Gasteiger partial charge on any atom is -0.508 e. The van der Waals surface area contributed by atoms with Gasteiger partial charge in [0.25, 0.3) is 0 Å². The summed E-state index contributed by atoms with van der Waals surface area (Å²) in [5, 5.41) is 13.0. The van der Waals surface area contributed by atoms with E-state index >= 15 is 0 Å². The number of hydrogen-bond donors (Lipinski definition) is 2. The third kappa shape index (κ3) is 4.73. The van der Waals surface area contributed by atoms with Crippen LogP contribution in [-0.4, -0.2) is 35.3 Å². The first-order valence-electron chi connectivity index (χ1n) is 8.63. The molecule has 1 unspecified atom stereocenters. The van der Waals surface area contributed by atoms with Crippen LogP contribution in [0.2, 0.25) is 0 Å². The molecule has 1 saturated heterocycles. The fourth-order valence-electron chi connectivity index (χ4n) is 3.03. The monoisotopic (exact) mass is 340 g/mol. The first kappa shape index (κ1) is 17.3. The number of benzene rings is 2. The van der Waals surface area contributed by atoms with E-state index in [1.807, 2.05) is 43.3 Å². The average molecular weight is 340 g/mol. The largest absolute Gasteiger partial charge is 0.508 e. The van der Waals surface area contributed by atoms with Crippen molar-refractivity contribution >= 4 is 11.7 Å². The number of anilines is 1. The maximum atomic E-state index is 12.8. The Morgan fingerprint density at radius 3 is 2.84 bits per heavy atom. The van der Waals surface area contributed by atoms with Gasteiger partial charge in [0.1, 0.15) is 5.75 Å². The molecule has 1 aliphatic heterocycles. The normalized spacial score (nSPS) is 16.6. The van der Waals surface area contributed by atoms with Crippen molar-refractivity contribution in [3.63, 3.8) is 0 Å². The molecule has 2 aromatic carbocycles. The Morgan fingerprint density at radius 1 is 1.28 bits per heavy atom. The van der Waals surface area contributed by atoms with E-state index in [9.17, 15) is 9.90 Å². The number of carbonyl (C=O) groups excluding carboxylic acids is 1. The summed E-state index contributed by atoms with van der Waals surface area (Å²) >= 11 is 0. The van der Waals surface area contributed by atoms with E-state index < -0.39 is 0 Å². The van der Waals surface area contributed by atoms with E-state index in [1.165, 1.54) is 0 Å². The average Bonchev–Trinajstić information content (AvgIpc) is 3.09. The second-order valence-corrected chi connectivity index (χ2v) is 6.44.